The number of nitrogens with zero attached hydrogens (tertiary/aromatic N) is 1. The molecule has 2 heterocycles. The Kier molecular flexibility index (Phi) is 3.60. The molecule has 0 unspecified atom stereocenters. The first-order valence-corrected chi connectivity index (χ1v) is 6.94. The van der Waals surface area contributed by atoms with E-state index in [-0.39, 0.29) is 6.04 Å². The summed E-state index contributed by atoms with van der Waals surface area (Å²) in [5.74, 6) is 0. The molecule has 0 atom stereocenters. The quantitative estimate of drug-likeness (QED) is 0.829. The maximum atomic E-state index is 13.3. The topological polar surface area (TPSA) is 27.3 Å². The molecule has 1 fully saturated rings. The fourth-order valence-corrected chi connectivity index (χ4v) is 3.12. The third-order valence-corrected chi connectivity index (χ3v) is 4.06. The lowest BCUT2D eigenvalue weighted by Gasteiger charge is -2.41. The minimum absolute atomic E-state index is 0.172. The van der Waals surface area contributed by atoms with Crippen LogP contribution in [0.2, 0.25) is 0 Å². The van der Waals surface area contributed by atoms with Gasteiger partial charge in [-0.25, -0.2) is 0 Å². The van der Waals surface area contributed by atoms with Crippen molar-refractivity contribution in [2.75, 3.05) is 24.7 Å². The lowest BCUT2D eigenvalue weighted by Crippen LogP contribution is -2.50. The zero-order chi connectivity index (χ0) is 14.2. The zero-order valence-corrected chi connectivity index (χ0v) is 11.1. The molecule has 6 heteroatoms. The average molecular weight is 285 g/mol. The highest BCUT2D eigenvalue weighted by Gasteiger charge is 2.38. The SMILES string of the molecule is FC(F)(F)c1cccc2c1N(C1CCNCC1)CNC2. The van der Waals surface area contributed by atoms with Crippen molar-refractivity contribution in [1.82, 2.24) is 10.6 Å². The summed E-state index contributed by atoms with van der Waals surface area (Å²) < 4.78 is 39.8. The van der Waals surface area contributed by atoms with E-state index in [1.807, 2.05) is 4.90 Å². The van der Waals surface area contributed by atoms with E-state index in [2.05, 4.69) is 10.6 Å². The van der Waals surface area contributed by atoms with E-state index in [0.717, 1.165) is 31.5 Å². The number of nitrogens with one attached hydrogen (secondary N) is 2. The highest BCUT2D eigenvalue weighted by molar-refractivity contribution is 5.62. The lowest BCUT2D eigenvalue weighted by atomic mass is 9.98. The van der Waals surface area contributed by atoms with E-state index in [4.69, 9.17) is 0 Å². The van der Waals surface area contributed by atoms with Crippen LogP contribution in [-0.2, 0) is 12.7 Å². The van der Waals surface area contributed by atoms with Crippen molar-refractivity contribution >= 4 is 5.69 Å². The number of alkyl halides is 3. The molecule has 0 radical (unpaired) electrons. The molecule has 20 heavy (non-hydrogen) atoms. The summed E-state index contributed by atoms with van der Waals surface area (Å²) in [7, 11) is 0. The largest absolute Gasteiger partial charge is 0.418 e. The smallest absolute Gasteiger partial charge is 0.355 e. The number of halogens is 3. The Balaban J connectivity index is 2.01. The zero-order valence-electron chi connectivity index (χ0n) is 11.1. The van der Waals surface area contributed by atoms with Gasteiger partial charge in [0, 0.05) is 12.6 Å². The van der Waals surface area contributed by atoms with Gasteiger partial charge in [0.2, 0.25) is 0 Å². The second kappa shape index (κ2) is 5.26. The van der Waals surface area contributed by atoms with Gasteiger partial charge in [0.25, 0.3) is 0 Å². The Bertz CT molecular complexity index is 481. The van der Waals surface area contributed by atoms with Gasteiger partial charge in [-0.05, 0) is 37.6 Å². The maximum Gasteiger partial charge on any atom is 0.418 e. The first kappa shape index (κ1) is 13.7. The summed E-state index contributed by atoms with van der Waals surface area (Å²) >= 11 is 0. The van der Waals surface area contributed by atoms with Gasteiger partial charge in [-0.3, -0.25) is 5.32 Å². The van der Waals surface area contributed by atoms with Gasteiger partial charge in [-0.1, -0.05) is 12.1 Å². The van der Waals surface area contributed by atoms with Crippen molar-refractivity contribution in [1.29, 1.82) is 0 Å². The number of anilines is 1. The van der Waals surface area contributed by atoms with Crippen LogP contribution >= 0.6 is 0 Å². The number of para-hydroxylation sites is 1. The molecule has 1 aromatic carbocycles. The predicted molar refractivity (Wildman–Crippen MR) is 71.5 cm³/mol. The van der Waals surface area contributed by atoms with E-state index in [1.54, 1.807) is 6.07 Å². The van der Waals surface area contributed by atoms with Crippen LogP contribution in [0.5, 0.6) is 0 Å². The summed E-state index contributed by atoms with van der Waals surface area (Å²) in [6.45, 7) is 2.72. The van der Waals surface area contributed by atoms with Gasteiger partial charge in [0.1, 0.15) is 0 Å². The lowest BCUT2D eigenvalue weighted by molar-refractivity contribution is -0.137. The third-order valence-electron chi connectivity index (χ3n) is 4.06. The van der Waals surface area contributed by atoms with Crippen LogP contribution < -0.4 is 15.5 Å². The van der Waals surface area contributed by atoms with Crippen LogP contribution in [0.15, 0.2) is 18.2 Å². The number of hydrogen-bond acceptors (Lipinski definition) is 3. The fraction of sp³-hybridized carbons (Fsp3) is 0.571. The van der Waals surface area contributed by atoms with Crippen molar-refractivity contribution in [2.24, 2.45) is 0 Å². The van der Waals surface area contributed by atoms with Gasteiger partial charge in [0.05, 0.1) is 17.9 Å². The van der Waals surface area contributed by atoms with Crippen LogP contribution in [0.4, 0.5) is 18.9 Å². The van der Waals surface area contributed by atoms with Crippen LogP contribution in [0.3, 0.4) is 0 Å². The first-order chi connectivity index (χ1) is 9.57. The summed E-state index contributed by atoms with van der Waals surface area (Å²) in [5.41, 5.74) is 0.616. The minimum atomic E-state index is -4.30. The van der Waals surface area contributed by atoms with Gasteiger partial charge in [-0.2, -0.15) is 13.2 Å². The Morgan fingerprint density at radius 2 is 1.85 bits per heavy atom. The molecule has 3 rings (SSSR count). The summed E-state index contributed by atoms with van der Waals surface area (Å²) in [6.07, 6.45) is -2.53. The molecule has 2 aliphatic heterocycles. The van der Waals surface area contributed by atoms with Gasteiger partial charge in [0.15, 0.2) is 0 Å². The Hall–Kier alpha value is -1.27. The van der Waals surface area contributed by atoms with Crippen molar-refractivity contribution in [2.45, 2.75) is 31.6 Å². The van der Waals surface area contributed by atoms with Crippen LogP contribution in [0.25, 0.3) is 0 Å². The Labute approximate surface area is 116 Å². The number of benzene rings is 1. The van der Waals surface area contributed by atoms with Crippen LogP contribution in [0.1, 0.15) is 24.0 Å². The van der Waals surface area contributed by atoms with E-state index < -0.39 is 11.7 Å². The van der Waals surface area contributed by atoms with Gasteiger partial charge < -0.3 is 10.2 Å². The molecule has 3 nitrogen and oxygen atoms in total. The van der Waals surface area contributed by atoms with Crippen molar-refractivity contribution in [3.8, 4) is 0 Å². The molecule has 2 N–H and O–H groups in total. The summed E-state index contributed by atoms with van der Waals surface area (Å²) in [5, 5.41) is 6.46. The fourth-order valence-electron chi connectivity index (χ4n) is 3.12. The van der Waals surface area contributed by atoms with E-state index >= 15 is 0 Å². The molecule has 1 saturated heterocycles. The van der Waals surface area contributed by atoms with E-state index in [0.29, 0.717) is 18.9 Å². The number of hydrogen-bond donors (Lipinski definition) is 2. The molecule has 0 amide bonds. The molecule has 0 bridgehead atoms. The summed E-state index contributed by atoms with van der Waals surface area (Å²) in [4.78, 5) is 1.91. The van der Waals surface area contributed by atoms with E-state index in [9.17, 15) is 13.2 Å². The van der Waals surface area contributed by atoms with Crippen LogP contribution in [0, 0.1) is 0 Å². The minimum Gasteiger partial charge on any atom is -0.355 e. The summed E-state index contributed by atoms with van der Waals surface area (Å²) in [6, 6.07) is 4.64. The molecular weight excluding hydrogens is 267 g/mol. The van der Waals surface area contributed by atoms with Crippen molar-refractivity contribution in [3.05, 3.63) is 29.3 Å². The highest BCUT2D eigenvalue weighted by atomic mass is 19.4. The number of piperidine rings is 1. The Morgan fingerprint density at radius 3 is 2.55 bits per heavy atom. The van der Waals surface area contributed by atoms with Gasteiger partial charge >= 0.3 is 6.18 Å². The third kappa shape index (κ3) is 2.50. The normalized spacial score (nSPS) is 20.9. The predicted octanol–water partition coefficient (Wildman–Crippen LogP) is 2.32. The van der Waals surface area contributed by atoms with Crippen molar-refractivity contribution < 1.29 is 13.2 Å². The van der Waals surface area contributed by atoms with Gasteiger partial charge in [-0.15, -0.1) is 0 Å². The number of rotatable bonds is 1. The molecule has 0 spiro atoms. The molecular formula is C14H18F3N3. The molecule has 1 aromatic rings. The molecule has 110 valence electrons. The monoisotopic (exact) mass is 285 g/mol. The maximum absolute atomic E-state index is 13.3. The second-order valence-electron chi connectivity index (χ2n) is 5.35. The average Bonchev–Trinajstić information content (AvgIpc) is 2.46. The Morgan fingerprint density at radius 1 is 1.10 bits per heavy atom. The highest BCUT2D eigenvalue weighted by Crippen LogP contribution is 2.40. The second-order valence-corrected chi connectivity index (χ2v) is 5.35. The van der Waals surface area contributed by atoms with Crippen molar-refractivity contribution in [3.63, 3.8) is 0 Å². The first-order valence-electron chi connectivity index (χ1n) is 6.94. The standard InChI is InChI=1S/C14H18F3N3/c15-14(16,17)12-3-1-2-10-8-19-9-20(13(10)12)11-4-6-18-7-5-11/h1-3,11,18-19H,4-9H2. The van der Waals surface area contributed by atoms with E-state index in [1.165, 1.54) is 12.1 Å². The molecule has 0 aliphatic carbocycles. The molecule has 0 saturated carbocycles. The molecule has 2 aliphatic rings. The molecule has 0 aromatic heterocycles. The number of fused-ring (bicyclic) bond motifs is 1. The van der Waals surface area contributed by atoms with Crippen LogP contribution in [-0.4, -0.2) is 25.8 Å².